The number of fused-ring (bicyclic) bond motifs is 1. The molecule has 0 bridgehead atoms. The second-order valence-corrected chi connectivity index (χ2v) is 6.99. The van der Waals surface area contributed by atoms with E-state index in [0.29, 0.717) is 15.9 Å². The van der Waals surface area contributed by atoms with E-state index in [4.69, 9.17) is 11.6 Å². The van der Waals surface area contributed by atoms with Crippen molar-refractivity contribution in [1.29, 1.82) is 0 Å². The molecule has 1 fully saturated rings. The number of esters is 1. The first kappa shape index (κ1) is 16.1. The van der Waals surface area contributed by atoms with Crippen LogP contribution in [0.5, 0.6) is 0 Å². The molecule has 1 atom stereocenters. The number of carbonyl (C=O) groups is 2. The fourth-order valence-electron chi connectivity index (χ4n) is 2.50. The zero-order valence-electron chi connectivity index (χ0n) is 12.6. The highest BCUT2D eigenvalue weighted by Crippen LogP contribution is 2.39. The molecule has 2 amide bonds. The van der Waals surface area contributed by atoms with Gasteiger partial charge in [0.1, 0.15) is 5.00 Å². The van der Waals surface area contributed by atoms with E-state index in [0.717, 1.165) is 22.9 Å². The predicted molar refractivity (Wildman–Crippen MR) is 92.1 cm³/mol. The first-order chi connectivity index (χ1) is 11.1. The van der Waals surface area contributed by atoms with E-state index < -0.39 is 0 Å². The number of methoxy groups -OCH3 is 1. The van der Waals surface area contributed by atoms with Gasteiger partial charge in [-0.25, -0.2) is 4.79 Å². The zero-order valence-corrected chi connectivity index (χ0v) is 14.2. The molecular formula is C16H17ClN2O3S. The van der Waals surface area contributed by atoms with Crippen molar-refractivity contribution in [3.05, 3.63) is 29.3 Å². The first-order valence-electron chi connectivity index (χ1n) is 7.40. The van der Waals surface area contributed by atoms with Gasteiger partial charge in [-0.3, -0.25) is 10.1 Å². The van der Waals surface area contributed by atoms with Gasteiger partial charge >= 0.3 is 12.0 Å². The summed E-state index contributed by atoms with van der Waals surface area (Å²) in [5, 5.41) is 7.72. The van der Waals surface area contributed by atoms with Crippen LogP contribution in [-0.2, 0) is 9.53 Å². The molecule has 0 spiro atoms. The lowest BCUT2D eigenvalue weighted by Crippen LogP contribution is -2.40. The van der Waals surface area contributed by atoms with Crippen molar-refractivity contribution in [3.63, 3.8) is 0 Å². The summed E-state index contributed by atoms with van der Waals surface area (Å²) in [4.78, 5) is 23.7. The summed E-state index contributed by atoms with van der Waals surface area (Å²) >= 11 is 7.74. The molecular weight excluding hydrogens is 336 g/mol. The average Bonchev–Trinajstić information content (AvgIpc) is 3.34. The van der Waals surface area contributed by atoms with E-state index in [-0.39, 0.29) is 24.5 Å². The van der Waals surface area contributed by atoms with Crippen LogP contribution in [0.1, 0.15) is 19.3 Å². The molecule has 0 unspecified atom stereocenters. The van der Waals surface area contributed by atoms with E-state index in [1.54, 1.807) is 0 Å². The monoisotopic (exact) mass is 352 g/mol. The average molecular weight is 353 g/mol. The Morgan fingerprint density at radius 2 is 2.13 bits per heavy atom. The highest BCUT2D eigenvalue weighted by molar-refractivity contribution is 7.23. The lowest BCUT2D eigenvalue weighted by molar-refractivity contribution is -0.141. The summed E-state index contributed by atoms with van der Waals surface area (Å²) in [7, 11) is 1.35. The fraction of sp³-hybridized carbons (Fsp3) is 0.375. The fourth-order valence-corrected chi connectivity index (χ4v) is 3.87. The standard InChI is InChI=1S/C16H17ClN2O3S/c1-22-13(20)8-11(9-6-7-9)18-16(21)19-15-14(17)10-4-2-3-5-12(10)23-15/h2-5,9,11H,6-8H2,1H3,(H2,18,19,21)/t11-/m0/s1. The largest absolute Gasteiger partial charge is 0.469 e. The van der Waals surface area contributed by atoms with E-state index >= 15 is 0 Å². The summed E-state index contributed by atoms with van der Waals surface area (Å²) in [6, 6.07) is 7.17. The van der Waals surface area contributed by atoms with Crippen LogP contribution in [0, 0.1) is 5.92 Å². The number of hydrogen-bond acceptors (Lipinski definition) is 4. The minimum absolute atomic E-state index is 0.189. The molecule has 2 aromatic rings. The number of anilines is 1. The molecule has 1 aromatic heterocycles. The number of thiophene rings is 1. The first-order valence-corrected chi connectivity index (χ1v) is 8.59. The van der Waals surface area contributed by atoms with E-state index in [2.05, 4.69) is 15.4 Å². The molecule has 1 heterocycles. The molecule has 122 valence electrons. The van der Waals surface area contributed by atoms with Gasteiger partial charge in [-0.1, -0.05) is 29.8 Å². The van der Waals surface area contributed by atoms with Crippen molar-refractivity contribution in [2.45, 2.75) is 25.3 Å². The Labute approximate surface area is 143 Å². The third kappa shape index (κ3) is 3.76. The Bertz CT molecular complexity index is 742. The number of benzene rings is 1. The number of nitrogens with one attached hydrogen (secondary N) is 2. The van der Waals surface area contributed by atoms with Crippen LogP contribution >= 0.6 is 22.9 Å². The van der Waals surface area contributed by atoms with Gasteiger partial charge in [0.2, 0.25) is 0 Å². The van der Waals surface area contributed by atoms with Crippen LogP contribution in [0.4, 0.5) is 9.80 Å². The number of urea groups is 1. The molecule has 0 radical (unpaired) electrons. The number of halogens is 1. The highest BCUT2D eigenvalue weighted by Gasteiger charge is 2.34. The minimum Gasteiger partial charge on any atom is -0.469 e. The SMILES string of the molecule is COC(=O)C[C@H](NC(=O)Nc1sc2ccccc2c1Cl)C1CC1. The molecule has 1 aliphatic carbocycles. The lowest BCUT2D eigenvalue weighted by atomic mass is 10.1. The Morgan fingerprint density at radius 1 is 1.39 bits per heavy atom. The molecule has 2 N–H and O–H groups in total. The van der Waals surface area contributed by atoms with Crippen LogP contribution in [0.3, 0.4) is 0 Å². The molecule has 1 aromatic carbocycles. The Kier molecular flexibility index (Phi) is 4.73. The van der Waals surface area contributed by atoms with Crippen LogP contribution < -0.4 is 10.6 Å². The molecule has 23 heavy (non-hydrogen) atoms. The maximum atomic E-state index is 12.2. The van der Waals surface area contributed by atoms with E-state index in [1.165, 1.54) is 18.4 Å². The zero-order chi connectivity index (χ0) is 16.4. The lowest BCUT2D eigenvalue weighted by Gasteiger charge is -2.17. The molecule has 1 saturated carbocycles. The summed E-state index contributed by atoms with van der Waals surface area (Å²) in [6.07, 6.45) is 2.23. The van der Waals surface area contributed by atoms with Gasteiger partial charge in [-0.15, -0.1) is 11.3 Å². The van der Waals surface area contributed by atoms with Crippen LogP contribution in [0.15, 0.2) is 24.3 Å². The van der Waals surface area contributed by atoms with Crippen molar-refractivity contribution < 1.29 is 14.3 Å². The summed E-state index contributed by atoms with van der Waals surface area (Å²) in [5.41, 5.74) is 0. The maximum Gasteiger partial charge on any atom is 0.320 e. The number of rotatable bonds is 5. The molecule has 0 aliphatic heterocycles. The number of hydrogen-bond donors (Lipinski definition) is 2. The minimum atomic E-state index is -0.348. The Morgan fingerprint density at radius 3 is 2.78 bits per heavy atom. The van der Waals surface area contributed by atoms with Crippen LogP contribution in [0.25, 0.3) is 10.1 Å². The Hall–Kier alpha value is -1.79. The number of ether oxygens (including phenoxy) is 1. The summed E-state index contributed by atoms with van der Waals surface area (Å²) in [5.74, 6) is 0.0276. The van der Waals surface area contributed by atoms with Crippen LogP contribution in [0.2, 0.25) is 5.02 Å². The molecule has 3 rings (SSSR count). The second-order valence-electron chi connectivity index (χ2n) is 5.56. The van der Waals surface area contributed by atoms with Gasteiger partial charge in [0.15, 0.2) is 0 Å². The maximum absolute atomic E-state index is 12.2. The van der Waals surface area contributed by atoms with Gasteiger partial charge in [-0.05, 0) is 24.8 Å². The van der Waals surface area contributed by atoms with Gasteiger partial charge in [0.05, 0.1) is 18.6 Å². The molecule has 5 nitrogen and oxygen atoms in total. The quantitative estimate of drug-likeness (QED) is 0.799. The van der Waals surface area contributed by atoms with E-state index in [9.17, 15) is 9.59 Å². The molecule has 0 saturated heterocycles. The summed E-state index contributed by atoms with van der Waals surface area (Å²) in [6.45, 7) is 0. The van der Waals surface area contributed by atoms with Crippen molar-refractivity contribution in [2.24, 2.45) is 5.92 Å². The normalized spacial score (nSPS) is 15.2. The predicted octanol–water partition coefficient (Wildman–Crippen LogP) is 4.02. The number of amides is 2. The van der Waals surface area contributed by atoms with Crippen molar-refractivity contribution >= 4 is 50.0 Å². The third-order valence-corrected chi connectivity index (χ3v) is 5.47. The topological polar surface area (TPSA) is 67.4 Å². The third-order valence-electron chi connectivity index (χ3n) is 3.88. The van der Waals surface area contributed by atoms with Gasteiger partial charge in [0.25, 0.3) is 0 Å². The second kappa shape index (κ2) is 6.76. The van der Waals surface area contributed by atoms with Gasteiger partial charge < -0.3 is 10.1 Å². The van der Waals surface area contributed by atoms with Crippen molar-refractivity contribution in [1.82, 2.24) is 5.32 Å². The van der Waals surface area contributed by atoms with Gasteiger partial charge in [-0.2, -0.15) is 0 Å². The summed E-state index contributed by atoms with van der Waals surface area (Å²) < 4.78 is 5.70. The number of carbonyl (C=O) groups excluding carboxylic acids is 2. The smallest absolute Gasteiger partial charge is 0.320 e. The van der Waals surface area contributed by atoms with Crippen molar-refractivity contribution in [3.8, 4) is 0 Å². The molecule has 7 heteroatoms. The van der Waals surface area contributed by atoms with E-state index in [1.807, 2.05) is 24.3 Å². The van der Waals surface area contributed by atoms with Crippen molar-refractivity contribution in [2.75, 3.05) is 12.4 Å². The van der Waals surface area contributed by atoms with Gasteiger partial charge in [0, 0.05) is 16.1 Å². The Balaban J connectivity index is 1.67. The van der Waals surface area contributed by atoms with Crippen LogP contribution in [-0.4, -0.2) is 25.2 Å². The molecule has 1 aliphatic rings. The highest BCUT2D eigenvalue weighted by atomic mass is 35.5.